The van der Waals surface area contributed by atoms with Gasteiger partial charge >= 0.3 is 0 Å². The van der Waals surface area contributed by atoms with E-state index in [2.05, 4.69) is 20.7 Å². The molecular weight excluding hydrogens is 404 g/mol. The smallest absolute Gasteiger partial charge is 0.250 e. The second-order valence-corrected chi connectivity index (χ2v) is 8.05. The molecule has 0 aromatic carbocycles. The first-order valence-corrected chi connectivity index (χ1v) is 10.7. The SMILES string of the molecule is COc1ncc(NC2=C(Cc3cnn(CC4CCNCC4F)c3)CCOCC2)cc1F. The van der Waals surface area contributed by atoms with Crippen LogP contribution in [0.15, 0.2) is 35.9 Å². The minimum absolute atomic E-state index is 0.00538. The Morgan fingerprint density at radius 2 is 2.19 bits per heavy atom. The molecule has 31 heavy (non-hydrogen) atoms. The maximum absolute atomic E-state index is 14.1. The highest BCUT2D eigenvalue weighted by Gasteiger charge is 2.25. The number of nitrogens with one attached hydrogen (secondary N) is 2. The summed E-state index contributed by atoms with van der Waals surface area (Å²) in [7, 11) is 1.39. The lowest BCUT2D eigenvalue weighted by atomic mass is 9.96. The van der Waals surface area contributed by atoms with Crippen LogP contribution in [0.2, 0.25) is 0 Å². The number of hydrogen-bond acceptors (Lipinski definition) is 6. The molecule has 1 saturated heterocycles. The summed E-state index contributed by atoms with van der Waals surface area (Å²) in [6.07, 6.45) is 7.58. The van der Waals surface area contributed by atoms with Crippen molar-refractivity contribution in [1.82, 2.24) is 20.1 Å². The van der Waals surface area contributed by atoms with Crippen LogP contribution in [0.4, 0.5) is 14.5 Å². The van der Waals surface area contributed by atoms with Gasteiger partial charge in [0.1, 0.15) is 6.17 Å². The van der Waals surface area contributed by atoms with Gasteiger partial charge in [-0.05, 0) is 36.9 Å². The summed E-state index contributed by atoms with van der Waals surface area (Å²) in [5.41, 5.74) is 3.85. The molecular formula is C22H29F2N5O2. The van der Waals surface area contributed by atoms with Gasteiger partial charge in [0, 0.05) is 43.4 Å². The van der Waals surface area contributed by atoms with Gasteiger partial charge in [-0.15, -0.1) is 0 Å². The zero-order chi connectivity index (χ0) is 21.6. The Morgan fingerprint density at radius 1 is 1.32 bits per heavy atom. The van der Waals surface area contributed by atoms with E-state index in [0.717, 1.165) is 30.6 Å². The molecule has 2 aromatic heterocycles. The third-order valence-corrected chi connectivity index (χ3v) is 5.84. The Morgan fingerprint density at radius 3 is 3.00 bits per heavy atom. The Balaban J connectivity index is 1.47. The van der Waals surface area contributed by atoms with E-state index in [-0.39, 0.29) is 11.8 Å². The van der Waals surface area contributed by atoms with Crippen molar-refractivity contribution < 1.29 is 18.3 Å². The van der Waals surface area contributed by atoms with Crippen LogP contribution < -0.4 is 15.4 Å². The number of aromatic nitrogens is 3. The van der Waals surface area contributed by atoms with Gasteiger partial charge in [0.15, 0.2) is 5.82 Å². The molecule has 2 unspecified atom stereocenters. The highest BCUT2D eigenvalue weighted by Crippen LogP contribution is 2.25. The summed E-state index contributed by atoms with van der Waals surface area (Å²) in [6, 6.07) is 1.38. The van der Waals surface area contributed by atoms with E-state index in [1.807, 2.05) is 17.1 Å². The van der Waals surface area contributed by atoms with Crippen molar-refractivity contribution >= 4 is 5.69 Å². The summed E-state index contributed by atoms with van der Waals surface area (Å²) in [4.78, 5) is 4.00. The predicted molar refractivity (Wildman–Crippen MR) is 113 cm³/mol. The average Bonchev–Trinajstić information content (AvgIpc) is 3.09. The third kappa shape index (κ3) is 5.59. The Bertz CT molecular complexity index is 917. The second kappa shape index (κ2) is 10.2. The first-order valence-electron chi connectivity index (χ1n) is 10.7. The number of ether oxygens (including phenoxy) is 2. The number of rotatable bonds is 7. The molecule has 0 bridgehead atoms. The Kier molecular flexibility index (Phi) is 7.14. The standard InChI is InChI=1S/C22H29F2N5O2/c1-30-22-19(23)9-18(11-26-22)28-21-4-7-31-6-3-16(21)8-15-10-27-29(13-15)14-17-2-5-25-12-20(17)24/h9-11,13,17,20,25,28H,2-8,12,14H2,1H3. The third-order valence-electron chi connectivity index (χ3n) is 5.84. The fraction of sp³-hybridized carbons (Fsp3) is 0.545. The van der Waals surface area contributed by atoms with Crippen molar-refractivity contribution in [3.63, 3.8) is 0 Å². The number of hydrogen-bond donors (Lipinski definition) is 2. The molecule has 4 rings (SSSR count). The van der Waals surface area contributed by atoms with Crippen molar-refractivity contribution in [2.45, 2.75) is 38.4 Å². The highest BCUT2D eigenvalue weighted by atomic mass is 19.1. The van der Waals surface area contributed by atoms with E-state index in [9.17, 15) is 8.78 Å². The number of halogens is 2. The summed E-state index contributed by atoms with van der Waals surface area (Å²) < 4.78 is 40.5. The lowest BCUT2D eigenvalue weighted by molar-refractivity contribution is 0.146. The highest BCUT2D eigenvalue weighted by molar-refractivity contribution is 5.49. The zero-order valence-electron chi connectivity index (χ0n) is 17.7. The fourth-order valence-corrected chi connectivity index (χ4v) is 4.13. The van der Waals surface area contributed by atoms with Crippen molar-refractivity contribution in [2.75, 3.05) is 38.7 Å². The molecule has 0 radical (unpaired) electrons. The maximum Gasteiger partial charge on any atom is 0.250 e. The van der Waals surface area contributed by atoms with Gasteiger partial charge in [0.25, 0.3) is 0 Å². The van der Waals surface area contributed by atoms with Gasteiger partial charge in [-0.1, -0.05) is 0 Å². The van der Waals surface area contributed by atoms with Crippen molar-refractivity contribution in [3.8, 4) is 5.88 Å². The van der Waals surface area contributed by atoms with E-state index >= 15 is 0 Å². The molecule has 0 spiro atoms. The summed E-state index contributed by atoms with van der Waals surface area (Å²) in [5, 5.41) is 10.9. The molecule has 0 saturated carbocycles. The van der Waals surface area contributed by atoms with Crippen LogP contribution in [0.25, 0.3) is 0 Å². The number of methoxy groups -OCH3 is 1. The van der Waals surface area contributed by atoms with E-state index in [0.29, 0.717) is 44.8 Å². The van der Waals surface area contributed by atoms with Crippen LogP contribution in [0, 0.1) is 11.7 Å². The Labute approximate surface area is 180 Å². The minimum Gasteiger partial charge on any atom is -0.479 e. The van der Waals surface area contributed by atoms with Crippen LogP contribution >= 0.6 is 0 Å². The summed E-state index contributed by atoms with van der Waals surface area (Å²) in [6.45, 7) is 3.10. The molecule has 168 valence electrons. The average molecular weight is 434 g/mol. The second-order valence-electron chi connectivity index (χ2n) is 8.05. The van der Waals surface area contributed by atoms with Crippen LogP contribution in [0.1, 0.15) is 24.8 Å². The molecule has 4 heterocycles. The lowest BCUT2D eigenvalue weighted by Gasteiger charge is -2.26. The first-order chi connectivity index (χ1) is 15.1. The molecule has 2 N–H and O–H groups in total. The quantitative estimate of drug-likeness (QED) is 0.699. The number of pyridine rings is 1. The fourth-order valence-electron chi connectivity index (χ4n) is 4.13. The van der Waals surface area contributed by atoms with Crippen molar-refractivity contribution in [2.24, 2.45) is 5.92 Å². The molecule has 1 fully saturated rings. The molecule has 2 aliphatic heterocycles. The molecule has 7 nitrogen and oxygen atoms in total. The van der Waals surface area contributed by atoms with E-state index < -0.39 is 12.0 Å². The maximum atomic E-state index is 14.1. The molecule has 0 amide bonds. The monoisotopic (exact) mass is 433 g/mol. The van der Waals surface area contributed by atoms with Crippen molar-refractivity contribution in [3.05, 3.63) is 47.3 Å². The van der Waals surface area contributed by atoms with E-state index in [4.69, 9.17) is 9.47 Å². The van der Waals surface area contributed by atoms with Gasteiger partial charge in [-0.3, -0.25) is 4.68 Å². The van der Waals surface area contributed by atoms with Gasteiger partial charge < -0.3 is 20.1 Å². The minimum atomic E-state index is -0.836. The number of anilines is 1. The molecule has 0 aliphatic carbocycles. The summed E-state index contributed by atoms with van der Waals surface area (Å²) >= 11 is 0. The summed E-state index contributed by atoms with van der Waals surface area (Å²) in [5.74, 6) is -0.542. The molecule has 2 aliphatic rings. The molecule has 2 aromatic rings. The first kappa shape index (κ1) is 21.7. The lowest BCUT2D eigenvalue weighted by Crippen LogP contribution is -2.39. The van der Waals surface area contributed by atoms with Gasteiger partial charge in [0.05, 0.1) is 38.4 Å². The Hall–Kier alpha value is -2.52. The largest absolute Gasteiger partial charge is 0.479 e. The molecule has 2 atom stereocenters. The van der Waals surface area contributed by atoms with Gasteiger partial charge in [0.2, 0.25) is 5.88 Å². The van der Waals surface area contributed by atoms with Crippen LogP contribution in [-0.4, -0.2) is 54.3 Å². The van der Waals surface area contributed by atoms with Gasteiger partial charge in [-0.2, -0.15) is 5.10 Å². The van der Waals surface area contributed by atoms with Crippen LogP contribution in [0.3, 0.4) is 0 Å². The van der Waals surface area contributed by atoms with Crippen LogP contribution in [-0.2, 0) is 17.7 Å². The number of piperidine rings is 1. The van der Waals surface area contributed by atoms with Crippen LogP contribution in [0.5, 0.6) is 5.88 Å². The zero-order valence-corrected chi connectivity index (χ0v) is 17.7. The van der Waals surface area contributed by atoms with E-state index in [1.165, 1.54) is 18.7 Å². The number of alkyl halides is 1. The molecule has 9 heteroatoms. The number of nitrogens with zero attached hydrogens (tertiary/aromatic N) is 3. The topological polar surface area (TPSA) is 73.2 Å². The predicted octanol–water partition coefficient (Wildman–Crippen LogP) is 3.09. The normalized spacial score (nSPS) is 22.3. The van der Waals surface area contributed by atoms with Crippen molar-refractivity contribution in [1.29, 1.82) is 0 Å². The van der Waals surface area contributed by atoms with E-state index in [1.54, 1.807) is 6.20 Å². The van der Waals surface area contributed by atoms with Gasteiger partial charge in [-0.25, -0.2) is 13.8 Å².